The summed E-state index contributed by atoms with van der Waals surface area (Å²) in [5.41, 5.74) is 2.37. The number of fused-ring (bicyclic) bond motifs is 1. The molecule has 0 spiro atoms. The van der Waals surface area contributed by atoms with Gasteiger partial charge in [0.25, 0.3) is 0 Å². The summed E-state index contributed by atoms with van der Waals surface area (Å²) in [6.07, 6.45) is -2.71. The van der Waals surface area contributed by atoms with Crippen molar-refractivity contribution in [2.45, 2.75) is 50.9 Å². The minimum absolute atomic E-state index is 0.0133. The lowest BCUT2D eigenvalue weighted by Gasteiger charge is -2.25. The van der Waals surface area contributed by atoms with Crippen molar-refractivity contribution in [1.29, 1.82) is 0 Å². The molecule has 16 nitrogen and oxygen atoms in total. The highest BCUT2D eigenvalue weighted by Gasteiger charge is 2.35. The number of methoxy groups -OCH3 is 3. The molecular formula is C44H42BrN7O9S2. The van der Waals surface area contributed by atoms with Gasteiger partial charge in [0, 0.05) is 23.1 Å². The number of carbonyl (C=O) groups excluding carboxylic acids is 1. The molecular weight excluding hydrogens is 915 g/mol. The Morgan fingerprint density at radius 2 is 1.33 bits per heavy atom. The molecule has 0 aliphatic heterocycles. The molecule has 0 fully saturated rings. The van der Waals surface area contributed by atoms with Crippen molar-refractivity contribution in [3.8, 4) is 39.8 Å². The van der Waals surface area contributed by atoms with Crippen LogP contribution in [0.2, 0.25) is 0 Å². The van der Waals surface area contributed by atoms with Crippen LogP contribution in [-0.2, 0) is 34.4 Å². The van der Waals surface area contributed by atoms with Crippen LogP contribution in [0.5, 0.6) is 17.2 Å². The van der Waals surface area contributed by atoms with Crippen molar-refractivity contribution >= 4 is 64.8 Å². The van der Waals surface area contributed by atoms with Gasteiger partial charge in [-0.3, -0.25) is 0 Å². The van der Waals surface area contributed by atoms with Crippen molar-refractivity contribution < 1.29 is 42.1 Å². The molecule has 326 valence electrons. The minimum atomic E-state index is -4.50. The summed E-state index contributed by atoms with van der Waals surface area (Å²) in [5, 5.41) is 23.5. The summed E-state index contributed by atoms with van der Waals surface area (Å²) in [5.74, 6) is 1.88. The zero-order chi connectivity index (χ0) is 45.1. The molecule has 7 rings (SSSR count). The molecule has 0 bridgehead atoms. The lowest BCUT2D eigenvalue weighted by Crippen LogP contribution is -2.40. The van der Waals surface area contributed by atoms with Crippen molar-refractivity contribution in [2.24, 2.45) is 0 Å². The highest BCUT2D eigenvalue weighted by atomic mass is 79.9. The van der Waals surface area contributed by atoms with Crippen molar-refractivity contribution in [1.82, 2.24) is 29.5 Å². The molecule has 2 heterocycles. The molecule has 0 aliphatic rings. The molecule has 63 heavy (non-hydrogen) atoms. The summed E-state index contributed by atoms with van der Waals surface area (Å²) < 4.78 is 54.7. The van der Waals surface area contributed by atoms with Crippen LogP contribution >= 0.6 is 27.3 Å². The third-order valence-electron chi connectivity index (χ3n) is 9.56. The monoisotopic (exact) mass is 955 g/mol. The Labute approximate surface area is 375 Å². The zero-order valence-corrected chi connectivity index (χ0v) is 38.2. The third-order valence-corrected chi connectivity index (χ3v) is 13.4. The Morgan fingerprint density at radius 1 is 0.778 bits per heavy atom. The van der Waals surface area contributed by atoms with Gasteiger partial charge in [-0.05, 0) is 113 Å². The Morgan fingerprint density at radius 3 is 1.86 bits per heavy atom. The van der Waals surface area contributed by atoms with Gasteiger partial charge in [0.2, 0.25) is 21.0 Å². The second kappa shape index (κ2) is 18.5. The number of benzene rings is 5. The number of thiazole rings is 1. The van der Waals surface area contributed by atoms with Gasteiger partial charge in [-0.1, -0.05) is 65.9 Å². The summed E-state index contributed by atoms with van der Waals surface area (Å²) >= 11 is 4.55. The first-order valence-electron chi connectivity index (χ1n) is 19.2. The van der Waals surface area contributed by atoms with Gasteiger partial charge in [0.05, 0.1) is 43.7 Å². The highest BCUT2D eigenvalue weighted by molar-refractivity contribution is 9.10. The summed E-state index contributed by atoms with van der Waals surface area (Å²) in [7, 11) is 0.185. The van der Waals surface area contributed by atoms with Gasteiger partial charge >= 0.3 is 12.2 Å². The van der Waals surface area contributed by atoms with Gasteiger partial charge < -0.3 is 24.1 Å². The number of rotatable bonds is 14. The van der Waals surface area contributed by atoms with Crippen LogP contribution in [0.3, 0.4) is 0 Å². The topological polar surface area (TPSA) is 188 Å². The summed E-state index contributed by atoms with van der Waals surface area (Å²) in [4.78, 5) is 32.0. The Hall–Kier alpha value is -6.41. The SMILES string of the molecule is COc1ccc(CN(Cc2ccc(OC)cc2)S(=O)(=O)c2c(Br)ccc(-c3cccc4sc(N(C(=O)O)C(=O)OC(C)(C)C)nc34)c2-c2nnn(Cc3ccc(OC)cc3)n2)cc1. The lowest BCUT2D eigenvalue weighted by molar-refractivity contribution is 0.0582. The molecule has 0 aliphatic carbocycles. The van der Waals surface area contributed by atoms with Crippen molar-refractivity contribution in [3.63, 3.8) is 0 Å². The first kappa shape index (κ1) is 44.6. The fraction of sp³-hybridized carbons (Fsp3) is 0.227. The first-order chi connectivity index (χ1) is 30.1. The van der Waals surface area contributed by atoms with Crippen LogP contribution in [0.25, 0.3) is 32.7 Å². The van der Waals surface area contributed by atoms with E-state index < -0.39 is 27.8 Å². The molecule has 7 aromatic rings. The zero-order valence-electron chi connectivity index (χ0n) is 35.0. The standard InChI is InChI=1S/C44H42BrN7O9S2/c1-44(2,3)61-43(55)52(42(53)54)41-46-38-34(8-7-9-36(38)62-41)33-22-23-35(45)39(37(33)40-47-49-51(48-40)26-29-14-20-32(60-6)21-15-29)63(56,57)50(24-27-10-16-30(58-4)17-11-27)25-28-12-18-31(59-5)19-13-28/h7-23H,24-26H2,1-6H3,(H,53,54). The summed E-state index contributed by atoms with van der Waals surface area (Å²) in [6, 6.07) is 30.1. The number of imide groups is 1. The van der Waals surface area contributed by atoms with E-state index in [9.17, 15) is 14.7 Å². The number of sulfonamides is 1. The normalized spacial score (nSPS) is 11.7. The fourth-order valence-corrected chi connectivity index (χ4v) is 10.2. The molecule has 1 N–H and O–H groups in total. The quantitative estimate of drug-likeness (QED) is 0.109. The van der Waals surface area contributed by atoms with Gasteiger partial charge in [-0.15, -0.1) is 10.2 Å². The van der Waals surface area contributed by atoms with E-state index in [0.717, 1.165) is 16.9 Å². The number of hydrogen-bond donors (Lipinski definition) is 1. The highest BCUT2D eigenvalue weighted by Crippen LogP contribution is 2.44. The maximum Gasteiger partial charge on any atom is 0.426 e. The molecule has 5 aromatic carbocycles. The Balaban J connectivity index is 1.43. The van der Waals surface area contributed by atoms with Gasteiger partial charge in [-0.2, -0.15) is 14.0 Å². The number of hydrogen-bond acceptors (Lipinski definition) is 13. The second-order valence-electron chi connectivity index (χ2n) is 15.0. The number of carboxylic acid groups (broad SMARTS) is 1. The minimum Gasteiger partial charge on any atom is -0.497 e. The largest absolute Gasteiger partial charge is 0.497 e. The number of nitrogens with zero attached hydrogens (tertiary/aromatic N) is 7. The Kier molecular flexibility index (Phi) is 13.1. The molecule has 2 aromatic heterocycles. The maximum absolute atomic E-state index is 15.6. The van der Waals surface area contributed by atoms with E-state index in [2.05, 4.69) is 31.2 Å². The molecule has 0 saturated carbocycles. The maximum atomic E-state index is 15.6. The van der Waals surface area contributed by atoms with E-state index in [0.29, 0.717) is 49.1 Å². The third kappa shape index (κ3) is 9.96. The van der Waals surface area contributed by atoms with E-state index in [1.54, 1.807) is 121 Å². The van der Waals surface area contributed by atoms with Crippen LogP contribution in [0.15, 0.2) is 112 Å². The average molecular weight is 957 g/mol. The number of halogens is 1. The van der Waals surface area contributed by atoms with E-state index >= 15 is 8.42 Å². The van der Waals surface area contributed by atoms with Gasteiger partial charge in [0.15, 0.2) is 0 Å². The second-order valence-corrected chi connectivity index (χ2v) is 18.7. The predicted molar refractivity (Wildman–Crippen MR) is 241 cm³/mol. The van der Waals surface area contributed by atoms with Gasteiger partial charge in [-0.25, -0.2) is 23.0 Å². The smallest absolute Gasteiger partial charge is 0.426 e. The number of tetrazole rings is 1. The van der Waals surface area contributed by atoms with E-state index in [1.165, 1.54) is 9.10 Å². The van der Waals surface area contributed by atoms with Crippen molar-refractivity contribution in [2.75, 3.05) is 26.2 Å². The number of aromatic nitrogens is 5. The molecule has 19 heteroatoms. The van der Waals surface area contributed by atoms with Crippen LogP contribution in [0.1, 0.15) is 37.5 Å². The molecule has 0 radical (unpaired) electrons. The first-order valence-corrected chi connectivity index (χ1v) is 22.3. The number of para-hydroxylation sites is 1. The number of amides is 2. The van der Waals surface area contributed by atoms with Crippen LogP contribution in [0, 0.1) is 0 Å². The lowest BCUT2D eigenvalue weighted by atomic mass is 9.98. The number of anilines is 1. The molecule has 0 unspecified atom stereocenters. The summed E-state index contributed by atoms with van der Waals surface area (Å²) in [6.45, 7) is 5.00. The van der Waals surface area contributed by atoms with E-state index in [1.807, 2.05) is 24.3 Å². The van der Waals surface area contributed by atoms with Crippen LogP contribution in [-0.4, -0.2) is 82.1 Å². The number of ether oxygens (including phenoxy) is 4. The van der Waals surface area contributed by atoms with E-state index in [4.69, 9.17) is 24.0 Å². The van der Waals surface area contributed by atoms with Crippen molar-refractivity contribution in [3.05, 3.63) is 124 Å². The van der Waals surface area contributed by atoms with Crippen LogP contribution < -0.4 is 19.1 Å². The number of carbonyl (C=O) groups is 2. The average Bonchev–Trinajstić information content (AvgIpc) is 3.90. The fourth-order valence-electron chi connectivity index (χ4n) is 6.58. The molecule has 0 atom stereocenters. The molecule has 2 amide bonds. The van der Waals surface area contributed by atoms with Crippen LogP contribution in [0.4, 0.5) is 14.7 Å². The predicted octanol–water partition coefficient (Wildman–Crippen LogP) is 9.26. The van der Waals surface area contributed by atoms with E-state index in [-0.39, 0.29) is 51.0 Å². The Bertz CT molecular complexity index is 2830. The molecule has 0 saturated heterocycles. The van der Waals surface area contributed by atoms with Gasteiger partial charge in [0.1, 0.15) is 27.7 Å².